The Morgan fingerprint density at radius 1 is 1.19 bits per heavy atom. The number of carbonyl (C=O) groups excluding carboxylic acids is 1. The average molecular weight is 352 g/mol. The second kappa shape index (κ2) is 6.46. The Bertz CT molecular complexity index is 876. The molecule has 2 aromatic carbocycles. The second-order valence-electron chi connectivity index (χ2n) is 6.68. The van der Waals surface area contributed by atoms with Crippen molar-refractivity contribution in [2.45, 2.75) is 12.2 Å². The minimum absolute atomic E-state index is 0.0652. The molecular weight excluding hydrogens is 331 g/mol. The molecule has 6 heteroatoms. The van der Waals surface area contributed by atoms with Crippen LogP contribution in [0.4, 0.5) is 9.18 Å². The minimum atomic E-state index is -0.291. The number of hydrogen-bond donors (Lipinski definition) is 2. The van der Waals surface area contributed by atoms with Gasteiger partial charge in [0.2, 0.25) is 0 Å². The SMILES string of the molecule is CNC(=O)N1CC(N2C=Cc3ccc(-c4cccc(F)c4)cc3C2N)C1. The highest BCUT2D eigenvalue weighted by atomic mass is 19.1. The second-order valence-corrected chi connectivity index (χ2v) is 6.68. The number of rotatable bonds is 2. The number of hydrogen-bond acceptors (Lipinski definition) is 3. The Balaban J connectivity index is 1.57. The maximum Gasteiger partial charge on any atom is 0.317 e. The number of urea groups is 1. The number of benzene rings is 2. The van der Waals surface area contributed by atoms with Crippen LogP contribution in [0.3, 0.4) is 0 Å². The van der Waals surface area contributed by atoms with E-state index in [2.05, 4.69) is 10.2 Å². The summed E-state index contributed by atoms with van der Waals surface area (Å²) in [5.41, 5.74) is 10.4. The zero-order valence-electron chi connectivity index (χ0n) is 14.5. The number of likely N-dealkylation sites (tertiary alicyclic amines) is 1. The van der Waals surface area contributed by atoms with Gasteiger partial charge in [-0.2, -0.15) is 0 Å². The molecule has 2 aliphatic heterocycles. The smallest absolute Gasteiger partial charge is 0.317 e. The van der Waals surface area contributed by atoms with Crippen LogP contribution in [0.15, 0.2) is 48.7 Å². The van der Waals surface area contributed by atoms with Crippen LogP contribution in [-0.2, 0) is 0 Å². The summed E-state index contributed by atoms with van der Waals surface area (Å²) in [4.78, 5) is 15.5. The van der Waals surface area contributed by atoms with Crippen LogP contribution in [0, 0.1) is 5.82 Å². The van der Waals surface area contributed by atoms with Gasteiger partial charge in [-0.25, -0.2) is 9.18 Å². The minimum Gasteiger partial charge on any atom is -0.352 e. The molecule has 3 N–H and O–H groups in total. The van der Waals surface area contributed by atoms with E-state index in [1.807, 2.05) is 36.5 Å². The van der Waals surface area contributed by atoms with Crippen molar-refractivity contribution in [3.63, 3.8) is 0 Å². The van der Waals surface area contributed by atoms with Crippen LogP contribution in [0.2, 0.25) is 0 Å². The van der Waals surface area contributed by atoms with Gasteiger partial charge >= 0.3 is 6.03 Å². The maximum atomic E-state index is 13.5. The number of nitrogens with zero attached hydrogens (tertiary/aromatic N) is 2. The Morgan fingerprint density at radius 3 is 2.69 bits per heavy atom. The zero-order chi connectivity index (χ0) is 18.3. The third-order valence-electron chi connectivity index (χ3n) is 5.10. The van der Waals surface area contributed by atoms with Crippen LogP contribution < -0.4 is 11.1 Å². The van der Waals surface area contributed by atoms with E-state index >= 15 is 0 Å². The summed E-state index contributed by atoms with van der Waals surface area (Å²) in [6.07, 6.45) is 3.75. The molecule has 0 spiro atoms. The predicted octanol–water partition coefficient (Wildman–Crippen LogP) is 2.76. The van der Waals surface area contributed by atoms with Crippen molar-refractivity contribution in [3.8, 4) is 11.1 Å². The van der Waals surface area contributed by atoms with Crippen molar-refractivity contribution in [1.82, 2.24) is 15.1 Å². The van der Waals surface area contributed by atoms with E-state index in [0.29, 0.717) is 13.1 Å². The molecule has 1 atom stereocenters. The number of nitrogens with two attached hydrogens (primary N) is 1. The summed E-state index contributed by atoms with van der Waals surface area (Å²) < 4.78 is 13.5. The summed E-state index contributed by atoms with van der Waals surface area (Å²) in [5, 5.41) is 2.64. The molecule has 0 aliphatic carbocycles. The van der Waals surface area contributed by atoms with Crippen LogP contribution in [0.25, 0.3) is 17.2 Å². The van der Waals surface area contributed by atoms with Crippen molar-refractivity contribution in [3.05, 3.63) is 65.6 Å². The predicted molar refractivity (Wildman–Crippen MR) is 99.5 cm³/mol. The first kappa shape index (κ1) is 16.6. The van der Waals surface area contributed by atoms with E-state index in [-0.39, 0.29) is 24.1 Å². The molecule has 1 fully saturated rings. The third kappa shape index (κ3) is 2.82. The van der Waals surface area contributed by atoms with Crippen LogP contribution in [0.5, 0.6) is 0 Å². The number of amides is 2. The molecule has 26 heavy (non-hydrogen) atoms. The number of nitrogens with one attached hydrogen (secondary N) is 1. The molecule has 2 amide bonds. The van der Waals surface area contributed by atoms with Gasteiger partial charge in [-0.3, -0.25) is 0 Å². The van der Waals surface area contributed by atoms with Gasteiger partial charge in [0.05, 0.1) is 6.04 Å². The fraction of sp³-hybridized carbons (Fsp3) is 0.250. The monoisotopic (exact) mass is 352 g/mol. The van der Waals surface area contributed by atoms with Gasteiger partial charge in [-0.15, -0.1) is 0 Å². The fourth-order valence-corrected chi connectivity index (χ4v) is 3.57. The molecule has 0 radical (unpaired) electrons. The third-order valence-corrected chi connectivity index (χ3v) is 5.10. The lowest BCUT2D eigenvalue weighted by Crippen LogP contribution is -2.62. The van der Waals surface area contributed by atoms with Gasteiger partial charge in [0.25, 0.3) is 0 Å². The van der Waals surface area contributed by atoms with Crippen molar-refractivity contribution < 1.29 is 9.18 Å². The average Bonchev–Trinajstić information content (AvgIpc) is 2.62. The van der Waals surface area contributed by atoms with Gasteiger partial charge in [-0.1, -0.05) is 24.3 Å². The quantitative estimate of drug-likeness (QED) is 0.874. The Morgan fingerprint density at radius 2 is 1.96 bits per heavy atom. The number of halogens is 1. The fourth-order valence-electron chi connectivity index (χ4n) is 3.57. The molecule has 1 unspecified atom stereocenters. The summed E-state index contributed by atoms with van der Waals surface area (Å²) >= 11 is 0. The number of fused-ring (bicyclic) bond motifs is 1. The zero-order valence-corrected chi connectivity index (χ0v) is 14.5. The number of carbonyl (C=O) groups is 1. The molecule has 0 saturated carbocycles. The van der Waals surface area contributed by atoms with Gasteiger partial charge in [0.1, 0.15) is 12.0 Å². The normalized spacial score (nSPS) is 19.1. The van der Waals surface area contributed by atoms with E-state index in [4.69, 9.17) is 5.73 Å². The highest BCUT2D eigenvalue weighted by molar-refractivity contribution is 5.75. The molecule has 2 aromatic rings. The molecular formula is C20H21FN4O. The first-order valence-corrected chi connectivity index (χ1v) is 8.64. The topological polar surface area (TPSA) is 61.6 Å². The maximum absolute atomic E-state index is 13.5. The van der Waals surface area contributed by atoms with Crippen LogP contribution in [0.1, 0.15) is 17.3 Å². The Hall–Kier alpha value is -2.86. The molecule has 5 nitrogen and oxygen atoms in total. The van der Waals surface area contributed by atoms with Crippen LogP contribution in [-0.4, -0.2) is 42.0 Å². The first-order chi connectivity index (χ1) is 12.6. The van der Waals surface area contributed by atoms with Gasteiger partial charge in [-0.05, 0) is 46.5 Å². The summed E-state index contributed by atoms with van der Waals surface area (Å²) in [6.45, 7) is 1.30. The highest BCUT2D eigenvalue weighted by Gasteiger charge is 2.37. The summed E-state index contributed by atoms with van der Waals surface area (Å²) in [7, 11) is 1.63. The molecule has 4 rings (SSSR count). The van der Waals surface area contributed by atoms with Gasteiger partial charge < -0.3 is 20.9 Å². The van der Waals surface area contributed by atoms with Gasteiger partial charge in [0.15, 0.2) is 0 Å². The molecule has 2 heterocycles. The van der Waals surface area contributed by atoms with Crippen molar-refractivity contribution in [2.75, 3.05) is 20.1 Å². The summed E-state index contributed by atoms with van der Waals surface area (Å²) in [6, 6.07) is 12.7. The lowest BCUT2D eigenvalue weighted by Gasteiger charge is -2.48. The van der Waals surface area contributed by atoms with Crippen molar-refractivity contribution in [2.24, 2.45) is 5.73 Å². The van der Waals surface area contributed by atoms with Crippen molar-refractivity contribution >= 4 is 12.1 Å². The van der Waals surface area contributed by atoms with Gasteiger partial charge in [0, 0.05) is 26.3 Å². The van der Waals surface area contributed by atoms with E-state index < -0.39 is 0 Å². The molecule has 0 aromatic heterocycles. The lowest BCUT2D eigenvalue weighted by atomic mass is 9.94. The Labute approximate surface area is 151 Å². The summed E-state index contributed by atoms with van der Waals surface area (Å²) in [5.74, 6) is -0.255. The van der Waals surface area contributed by atoms with E-state index in [0.717, 1.165) is 22.3 Å². The lowest BCUT2D eigenvalue weighted by molar-refractivity contribution is 0.0627. The van der Waals surface area contributed by atoms with E-state index in [9.17, 15) is 9.18 Å². The standard InChI is InChI=1S/C20H21FN4O/c1-23-20(26)24-11-17(12-24)25-8-7-13-5-6-15(10-18(13)19(25)22)14-3-2-4-16(21)9-14/h2-10,17,19H,11-12,22H2,1H3,(H,23,26). The largest absolute Gasteiger partial charge is 0.352 e. The van der Waals surface area contributed by atoms with E-state index in [1.165, 1.54) is 12.1 Å². The Kier molecular flexibility index (Phi) is 4.12. The molecule has 0 bridgehead atoms. The van der Waals surface area contributed by atoms with Crippen LogP contribution >= 0.6 is 0 Å². The van der Waals surface area contributed by atoms with Crippen molar-refractivity contribution in [1.29, 1.82) is 0 Å². The molecule has 134 valence electrons. The molecule has 2 aliphatic rings. The molecule has 1 saturated heterocycles. The van der Waals surface area contributed by atoms with E-state index in [1.54, 1.807) is 18.0 Å². The highest BCUT2D eigenvalue weighted by Crippen LogP contribution is 2.34. The first-order valence-electron chi connectivity index (χ1n) is 8.64.